The van der Waals surface area contributed by atoms with E-state index < -0.39 is 10.0 Å². The van der Waals surface area contributed by atoms with Crippen molar-refractivity contribution in [2.24, 2.45) is 0 Å². The van der Waals surface area contributed by atoms with Crippen LogP contribution in [-0.4, -0.2) is 33.9 Å². The van der Waals surface area contributed by atoms with Crippen molar-refractivity contribution in [3.63, 3.8) is 0 Å². The van der Waals surface area contributed by atoms with Gasteiger partial charge < -0.3 is 0 Å². The molecule has 0 aliphatic carbocycles. The average molecular weight is 362 g/mol. The van der Waals surface area contributed by atoms with E-state index in [1.807, 2.05) is 30.5 Å². The summed E-state index contributed by atoms with van der Waals surface area (Å²) in [5.74, 6) is 0. The van der Waals surface area contributed by atoms with E-state index in [1.165, 1.54) is 11.3 Å². The summed E-state index contributed by atoms with van der Waals surface area (Å²) in [6, 6.07) is 5.54. The first kappa shape index (κ1) is 15.7. The Labute approximate surface area is 144 Å². The first-order valence-corrected chi connectivity index (χ1v) is 10.2. The molecule has 0 amide bonds. The molecule has 0 saturated heterocycles. The van der Waals surface area contributed by atoms with Gasteiger partial charge >= 0.3 is 0 Å². The molecule has 24 heavy (non-hydrogen) atoms. The van der Waals surface area contributed by atoms with E-state index in [1.54, 1.807) is 16.6 Å². The van der Waals surface area contributed by atoms with Gasteiger partial charge in [0.05, 0.1) is 11.4 Å². The molecule has 126 valence electrons. The lowest BCUT2D eigenvalue weighted by molar-refractivity contribution is 0.385. The Kier molecular flexibility index (Phi) is 3.70. The Bertz CT molecular complexity index is 1020. The second-order valence-electron chi connectivity index (χ2n) is 5.95. The van der Waals surface area contributed by atoms with Crippen LogP contribution in [0, 0.1) is 6.92 Å². The number of rotatable bonds is 3. The maximum atomic E-state index is 12.9. The summed E-state index contributed by atoms with van der Waals surface area (Å²) in [7, 11) is -3.45. The predicted molar refractivity (Wildman–Crippen MR) is 92.7 cm³/mol. The second kappa shape index (κ2) is 5.65. The summed E-state index contributed by atoms with van der Waals surface area (Å²) in [6.45, 7) is 4.77. The largest absolute Gasteiger partial charge is 0.252 e. The Balaban J connectivity index is 1.70. The molecular weight excluding hydrogens is 344 g/mol. The van der Waals surface area contributed by atoms with Gasteiger partial charge in [-0.1, -0.05) is 6.92 Å². The van der Waals surface area contributed by atoms with Crippen LogP contribution >= 0.6 is 11.3 Å². The second-order valence-corrected chi connectivity index (χ2v) is 9.28. The third-order valence-corrected chi connectivity index (χ3v) is 7.86. The van der Waals surface area contributed by atoms with Gasteiger partial charge in [-0.25, -0.2) is 17.9 Å². The molecule has 8 heteroatoms. The zero-order valence-electron chi connectivity index (χ0n) is 13.6. The van der Waals surface area contributed by atoms with Crippen molar-refractivity contribution in [2.45, 2.75) is 37.4 Å². The number of aryl methyl sites for hydroxylation is 2. The standard InChI is InChI=1S/C16H18N4O2S2/c1-3-13-4-5-16(23-13)24(21,22)19-7-6-14-12(10-19)9-17-15-8-11(2)18-20(14)15/h4-5,8-9H,3,6-7,10H2,1-2H3. The lowest BCUT2D eigenvalue weighted by Gasteiger charge is -2.27. The molecule has 0 atom stereocenters. The van der Waals surface area contributed by atoms with Crippen LogP contribution < -0.4 is 0 Å². The van der Waals surface area contributed by atoms with Crippen LogP contribution in [0.25, 0.3) is 5.65 Å². The number of hydrogen-bond acceptors (Lipinski definition) is 5. The molecule has 4 heterocycles. The SMILES string of the molecule is CCc1ccc(S(=O)(=O)N2CCc3c(cnc4cc(C)nn34)C2)s1. The van der Waals surface area contributed by atoms with Crippen molar-refractivity contribution in [1.29, 1.82) is 0 Å². The quantitative estimate of drug-likeness (QED) is 0.718. The predicted octanol–water partition coefficient (Wildman–Crippen LogP) is 2.41. The van der Waals surface area contributed by atoms with Gasteiger partial charge in [0.2, 0.25) is 0 Å². The minimum absolute atomic E-state index is 0.346. The molecule has 0 radical (unpaired) electrons. The summed E-state index contributed by atoms with van der Waals surface area (Å²) < 4.78 is 29.6. The fourth-order valence-electron chi connectivity index (χ4n) is 3.05. The Hall–Kier alpha value is -1.77. The first-order chi connectivity index (χ1) is 11.5. The molecule has 1 aliphatic heterocycles. The molecule has 0 spiro atoms. The van der Waals surface area contributed by atoms with Gasteiger partial charge in [0.15, 0.2) is 5.65 Å². The van der Waals surface area contributed by atoms with Gasteiger partial charge in [0, 0.05) is 42.2 Å². The minimum Gasteiger partial charge on any atom is -0.237 e. The van der Waals surface area contributed by atoms with Gasteiger partial charge in [-0.2, -0.15) is 9.40 Å². The fourth-order valence-corrected chi connectivity index (χ4v) is 5.92. The van der Waals surface area contributed by atoms with E-state index in [2.05, 4.69) is 10.1 Å². The Morgan fingerprint density at radius 2 is 2.17 bits per heavy atom. The van der Waals surface area contributed by atoms with Crippen molar-refractivity contribution < 1.29 is 8.42 Å². The molecule has 3 aromatic heterocycles. The highest BCUT2D eigenvalue weighted by atomic mass is 32.2. The maximum absolute atomic E-state index is 12.9. The van der Waals surface area contributed by atoms with Crippen molar-refractivity contribution in [2.75, 3.05) is 6.54 Å². The van der Waals surface area contributed by atoms with E-state index in [9.17, 15) is 8.42 Å². The molecule has 0 bridgehead atoms. The number of nitrogens with zero attached hydrogens (tertiary/aromatic N) is 4. The van der Waals surface area contributed by atoms with Crippen molar-refractivity contribution >= 4 is 27.0 Å². The van der Waals surface area contributed by atoms with Crippen molar-refractivity contribution in [3.05, 3.63) is 46.2 Å². The first-order valence-electron chi connectivity index (χ1n) is 7.91. The fraction of sp³-hybridized carbons (Fsp3) is 0.375. The van der Waals surface area contributed by atoms with Crippen LogP contribution in [0.4, 0.5) is 0 Å². The number of thiophene rings is 1. The van der Waals surface area contributed by atoms with Crippen LogP contribution in [0.15, 0.2) is 28.6 Å². The summed E-state index contributed by atoms with van der Waals surface area (Å²) in [5, 5.41) is 4.47. The van der Waals surface area contributed by atoms with E-state index in [0.29, 0.717) is 23.7 Å². The third-order valence-electron chi connectivity index (χ3n) is 4.32. The molecule has 4 rings (SSSR count). The van der Waals surface area contributed by atoms with Gasteiger partial charge in [-0.15, -0.1) is 11.3 Å². The molecule has 6 nitrogen and oxygen atoms in total. The molecule has 0 saturated carbocycles. The zero-order chi connectivity index (χ0) is 16.9. The third kappa shape index (κ3) is 2.45. The van der Waals surface area contributed by atoms with Crippen LogP contribution in [0.5, 0.6) is 0 Å². The molecule has 0 aromatic carbocycles. The smallest absolute Gasteiger partial charge is 0.237 e. The molecule has 3 aromatic rings. The van der Waals surface area contributed by atoms with E-state index >= 15 is 0 Å². The molecule has 0 N–H and O–H groups in total. The van der Waals surface area contributed by atoms with Gasteiger partial charge in [0.25, 0.3) is 10.0 Å². The van der Waals surface area contributed by atoms with Crippen molar-refractivity contribution in [1.82, 2.24) is 18.9 Å². The highest BCUT2D eigenvalue weighted by molar-refractivity contribution is 7.91. The highest BCUT2D eigenvalue weighted by Crippen LogP contribution is 2.29. The lowest BCUT2D eigenvalue weighted by Crippen LogP contribution is -2.36. The molecule has 0 unspecified atom stereocenters. The topological polar surface area (TPSA) is 67.6 Å². The summed E-state index contributed by atoms with van der Waals surface area (Å²) in [4.78, 5) is 5.49. The van der Waals surface area contributed by atoms with Crippen LogP contribution in [0.1, 0.15) is 28.8 Å². The Morgan fingerprint density at radius 3 is 2.92 bits per heavy atom. The van der Waals surface area contributed by atoms with Gasteiger partial charge in [-0.05, 0) is 25.5 Å². The van der Waals surface area contributed by atoms with E-state index in [-0.39, 0.29) is 0 Å². The zero-order valence-corrected chi connectivity index (χ0v) is 15.2. The molecular formula is C16H18N4O2S2. The van der Waals surface area contributed by atoms with E-state index in [0.717, 1.165) is 33.9 Å². The van der Waals surface area contributed by atoms with E-state index in [4.69, 9.17) is 0 Å². The highest BCUT2D eigenvalue weighted by Gasteiger charge is 2.30. The Morgan fingerprint density at radius 1 is 1.33 bits per heavy atom. The summed E-state index contributed by atoms with van der Waals surface area (Å²) in [5.41, 5.74) is 3.71. The van der Waals surface area contributed by atoms with Crippen molar-refractivity contribution in [3.8, 4) is 0 Å². The number of fused-ring (bicyclic) bond motifs is 3. The van der Waals surface area contributed by atoms with Gasteiger partial charge in [-0.3, -0.25) is 0 Å². The molecule has 1 aliphatic rings. The summed E-state index contributed by atoms with van der Waals surface area (Å²) >= 11 is 1.36. The van der Waals surface area contributed by atoms with Crippen LogP contribution in [0.3, 0.4) is 0 Å². The normalized spacial score (nSPS) is 15.8. The lowest BCUT2D eigenvalue weighted by atomic mass is 10.1. The summed E-state index contributed by atoms with van der Waals surface area (Å²) in [6.07, 6.45) is 3.27. The monoisotopic (exact) mass is 362 g/mol. The number of hydrogen-bond donors (Lipinski definition) is 0. The maximum Gasteiger partial charge on any atom is 0.252 e. The van der Waals surface area contributed by atoms with Gasteiger partial charge in [0.1, 0.15) is 4.21 Å². The van der Waals surface area contributed by atoms with Crippen LogP contribution in [-0.2, 0) is 29.4 Å². The average Bonchev–Trinajstić information content (AvgIpc) is 3.20. The minimum atomic E-state index is -3.45. The number of aromatic nitrogens is 3. The number of sulfonamides is 1. The van der Waals surface area contributed by atoms with Crippen LogP contribution in [0.2, 0.25) is 0 Å². The molecule has 0 fully saturated rings.